The maximum Gasteiger partial charge on any atom is 0.409 e. The third kappa shape index (κ3) is 3.68. The minimum absolute atomic E-state index is 0.0328. The van der Waals surface area contributed by atoms with Gasteiger partial charge in [-0.3, -0.25) is 19.4 Å². The topological polar surface area (TPSA) is 72.9 Å². The number of hydrogen-bond acceptors (Lipinski definition) is 4. The lowest BCUT2D eigenvalue weighted by Gasteiger charge is -2.33. The molecular weight excluding hydrogens is 351 g/mol. The third-order valence-electron chi connectivity index (χ3n) is 4.82. The summed E-state index contributed by atoms with van der Waals surface area (Å²) < 4.78 is 40.9. The molecule has 2 N–H and O–H groups in total. The van der Waals surface area contributed by atoms with Crippen LogP contribution in [0.2, 0.25) is 0 Å². The number of carbonyl (C=O) groups excluding carboxylic acids is 2. The zero-order valence-corrected chi connectivity index (χ0v) is 14.0. The van der Waals surface area contributed by atoms with Gasteiger partial charge in [-0.15, -0.1) is 0 Å². The number of carbonyl (C=O) groups is 2. The first-order valence-corrected chi connectivity index (χ1v) is 8.44. The van der Waals surface area contributed by atoms with Crippen LogP contribution in [0.4, 0.5) is 24.5 Å². The summed E-state index contributed by atoms with van der Waals surface area (Å²) in [4.78, 5) is 27.2. The predicted octanol–water partition coefficient (Wildman–Crippen LogP) is 1.75. The van der Waals surface area contributed by atoms with Crippen LogP contribution in [0.5, 0.6) is 0 Å². The second kappa shape index (κ2) is 7.24. The van der Waals surface area contributed by atoms with E-state index < -0.39 is 30.5 Å². The van der Waals surface area contributed by atoms with Crippen molar-refractivity contribution in [3.8, 4) is 0 Å². The van der Waals surface area contributed by atoms with Crippen LogP contribution < -0.4 is 10.2 Å². The number of nitrogens with one attached hydrogen (secondary N) is 1. The van der Waals surface area contributed by atoms with Gasteiger partial charge in [0.05, 0.1) is 30.9 Å². The average Bonchev–Trinajstić information content (AvgIpc) is 2.94. The van der Waals surface area contributed by atoms with Gasteiger partial charge in [-0.05, 0) is 31.5 Å². The summed E-state index contributed by atoms with van der Waals surface area (Å²) in [6, 6.07) is 3.51. The summed E-state index contributed by atoms with van der Waals surface area (Å²) >= 11 is 0. The molecule has 2 aliphatic rings. The first-order chi connectivity index (χ1) is 12.3. The summed E-state index contributed by atoms with van der Waals surface area (Å²) in [6.07, 6.45) is -4.12. The Morgan fingerprint density at radius 3 is 2.73 bits per heavy atom. The van der Waals surface area contributed by atoms with Crippen LogP contribution in [-0.2, 0) is 9.59 Å². The average molecular weight is 371 g/mol. The first kappa shape index (κ1) is 18.7. The molecule has 0 aliphatic carbocycles. The van der Waals surface area contributed by atoms with E-state index in [0.717, 1.165) is 6.42 Å². The van der Waals surface area contributed by atoms with Crippen LogP contribution in [0.1, 0.15) is 19.3 Å². The Kier molecular flexibility index (Phi) is 5.19. The van der Waals surface area contributed by atoms with Gasteiger partial charge >= 0.3 is 6.18 Å². The number of para-hydroxylation sites is 2. The molecule has 0 saturated carbocycles. The monoisotopic (exact) mass is 371 g/mol. The molecule has 2 atom stereocenters. The predicted molar refractivity (Wildman–Crippen MR) is 88.7 cm³/mol. The number of aliphatic hydroxyl groups is 1. The van der Waals surface area contributed by atoms with Gasteiger partial charge in [-0.1, -0.05) is 12.1 Å². The summed E-state index contributed by atoms with van der Waals surface area (Å²) in [6.45, 7) is 0.160. The van der Waals surface area contributed by atoms with Crippen LogP contribution >= 0.6 is 0 Å². The van der Waals surface area contributed by atoms with E-state index in [1.807, 2.05) is 0 Å². The number of anilines is 2. The molecular formula is C17H20F3N3O3. The number of benzene rings is 1. The van der Waals surface area contributed by atoms with Crippen LogP contribution in [0.3, 0.4) is 0 Å². The van der Waals surface area contributed by atoms with Crippen molar-refractivity contribution in [1.29, 1.82) is 0 Å². The van der Waals surface area contributed by atoms with Crippen molar-refractivity contribution < 1.29 is 27.9 Å². The largest absolute Gasteiger partial charge is 0.409 e. The van der Waals surface area contributed by atoms with Gasteiger partial charge in [0.25, 0.3) is 0 Å². The van der Waals surface area contributed by atoms with E-state index in [1.165, 1.54) is 18.2 Å². The van der Waals surface area contributed by atoms with Crippen molar-refractivity contribution in [3.63, 3.8) is 0 Å². The lowest BCUT2D eigenvalue weighted by Crippen LogP contribution is -2.53. The van der Waals surface area contributed by atoms with Crippen molar-refractivity contribution in [3.05, 3.63) is 24.3 Å². The molecule has 0 bridgehead atoms. The molecule has 1 aromatic rings. The van der Waals surface area contributed by atoms with Crippen molar-refractivity contribution in [2.75, 3.05) is 29.9 Å². The molecule has 0 aromatic heterocycles. The van der Waals surface area contributed by atoms with Gasteiger partial charge in [0.15, 0.2) is 0 Å². The molecule has 26 heavy (non-hydrogen) atoms. The minimum Gasteiger partial charge on any atom is -0.395 e. The molecule has 142 valence electrons. The number of nitrogens with zero attached hydrogens (tertiary/aromatic N) is 2. The Bertz CT molecular complexity index is 695. The highest BCUT2D eigenvalue weighted by Crippen LogP contribution is 2.37. The van der Waals surface area contributed by atoms with Gasteiger partial charge in [0, 0.05) is 6.04 Å². The zero-order chi connectivity index (χ0) is 18.9. The number of amides is 2. The number of likely N-dealkylation sites (tertiary alicyclic amines) is 1. The van der Waals surface area contributed by atoms with Gasteiger partial charge in [0.1, 0.15) is 6.04 Å². The molecule has 0 radical (unpaired) electrons. The Morgan fingerprint density at radius 1 is 1.31 bits per heavy atom. The van der Waals surface area contributed by atoms with E-state index in [1.54, 1.807) is 11.0 Å². The van der Waals surface area contributed by atoms with E-state index in [-0.39, 0.29) is 30.6 Å². The fourth-order valence-corrected chi connectivity index (χ4v) is 3.56. The molecule has 1 fully saturated rings. The lowest BCUT2D eigenvalue weighted by atomic mass is 10.1. The molecule has 2 aliphatic heterocycles. The van der Waals surface area contributed by atoms with E-state index in [2.05, 4.69) is 5.32 Å². The molecule has 2 heterocycles. The van der Waals surface area contributed by atoms with Gasteiger partial charge in [-0.25, -0.2) is 0 Å². The van der Waals surface area contributed by atoms with Crippen molar-refractivity contribution >= 4 is 23.2 Å². The highest BCUT2D eigenvalue weighted by atomic mass is 19.4. The van der Waals surface area contributed by atoms with Gasteiger partial charge < -0.3 is 10.4 Å². The maximum atomic E-state index is 13.6. The fourth-order valence-electron chi connectivity index (χ4n) is 3.56. The lowest BCUT2D eigenvalue weighted by molar-refractivity contribution is -0.158. The quantitative estimate of drug-likeness (QED) is 0.849. The molecule has 3 rings (SSSR count). The zero-order valence-electron chi connectivity index (χ0n) is 14.0. The first-order valence-electron chi connectivity index (χ1n) is 8.44. The number of halogens is 3. The number of aliphatic hydroxyl groups excluding tert-OH is 1. The molecule has 0 spiro atoms. The van der Waals surface area contributed by atoms with E-state index in [9.17, 15) is 27.9 Å². The third-order valence-corrected chi connectivity index (χ3v) is 4.82. The highest BCUT2D eigenvalue weighted by Gasteiger charge is 2.49. The van der Waals surface area contributed by atoms with E-state index in [0.29, 0.717) is 17.9 Å². The van der Waals surface area contributed by atoms with E-state index >= 15 is 0 Å². The molecule has 1 saturated heterocycles. The Morgan fingerprint density at radius 2 is 2.04 bits per heavy atom. The van der Waals surface area contributed by atoms with Crippen LogP contribution in [0.15, 0.2) is 24.3 Å². The fraction of sp³-hybridized carbons (Fsp3) is 0.529. The number of fused-ring (bicyclic) bond motifs is 1. The summed E-state index contributed by atoms with van der Waals surface area (Å²) in [7, 11) is 0. The number of rotatable bonds is 3. The van der Waals surface area contributed by atoms with Gasteiger partial charge in [-0.2, -0.15) is 13.2 Å². The summed E-state index contributed by atoms with van der Waals surface area (Å²) in [5, 5.41) is 11.8. The smallest absolute Gasteiger partial charge is 0.395 e. The van der Waals surface area contributed by atoms with Crippen molar-refractivity contribution in [2.24, 2.45) is 0 Å². The Balaban J connectivity index is 1.96. The summed E-state index contributed by atoms with van der Waals surface area (Å²) in [5.74, 6) is -1.53. The number of alkyl halides is 3. The molecule has 2 amide bonds. The Hall–Kier alpha value is -2.13. The maximum absolute atomic E-state index is 13.6. The molecule has 6 nitrogen and oxygen atoms in total. The van der Waals surface area contributed by atoms with E-state index in [4.69, 9.17) is 0 Å². The normalized spacial score (nSPS) is 24.2. The number of hydrogen-bond donors (Lipinski definition) is 2. The minimum atomic E-state index is -4.74. The van der Waals surface area contributed by atoms with Crippen molar-refractivity contribution in [2.45, 2.75) is 37.5 Å². The molecule has 1 aromatic carbocycles. The highest BCUT2D eigenvalue weighted by molar-refractivity contribution is 6.05. The SMILES string of the molecule is O=C1CC(C(F)(F)F)N(C(=O)CN2CCC[C@H]2CO)c2ccccc2N1. The van der Waals surface area contributed by atoms with Crippen LogP contribution in [0, 0.1) is 0 Å². The molecule has 1 unspecified atom stereocenters. The summed E-state index contributed by atoms with van der Waals surface area (Å²) in [5.41, 5.74) is 0.211. The van der Waals surface area contributed by atoms with Crippen LogP contribution in [-0.4, -0.2) is 59.8 Å². The Labute approximate surface area is 148 Å². The standard InChI is InChI=1S/C17H20F3N3O3/c18-17(19,20)14-8-15(25)21-12-5-1-2-6-13(12)23(14)16(26)9-22-7-3-4-11(22)10-24/h1-2,5-6,11,14,24H,3-4,7-10H2,(H,21,25)/t11-,14?/m0/s1. The second-order valence-corrected chi connectivity index (χ2v) is 6.54. The second-order valence-electron chi connectivity index (χ2n) is 6.54. The van der Waals surface area contributed by atoms with Crippen LogP contribution in [0.25, 0.3) is 0 Å². The van der Waals surface area contributed by atoms with Crippen molar-refractivity contribution in [1.82, 2.24) is 4.90 Å². The van der Waals surface area contributed by atoms with Gasteiger partial charge in [0.2, 0.25) is 11.8 Å². The molecule has 9 heteroatoms.